The average molecular weight is 303 g/mol. The Kier molecular flexibility index (Phi) is 5.25. The highest BCUT2D eigenvalue weighted by Gasteiger charge is 2.44. The molecule has 5 atom stereocenters. The molecule has 1 aromatic rings. The Morgan fingerprint density at radius 3 is 2.57 bits per heavy atom. The molecule has 4 N–H and O–H groups in total. The second-order valence-corrected chi connectivity index (χ2v) is 5.29. The van der Waals surface area contributed by atoms with Crippen LogP contribution >= 0.6 is 0 Å². The molecule has 1 fully saturated rings. The van der Waals surface area contributed by atoms with E-state index in [-0.39, 0.29) is 12.6 Å². The Labute approximate surface area is 121 Å². The topological polar surface area (TPSA) is 130 Å². The summed E-state index contributed by atoms with van der Waals surface area (Å²) in [5.41, 5.74) is 0.542. The lowest BCUT2D eigenvalue weighted by Gasteiger charge is -2.39. The van der Waals surface area contributed by atoms with E-state index in [0.717, 1.165) is 0 Å². The summed E-state index contributed by atoms with van der Waals surface area (Å²) in [6.07, 6.45) is -4.71. The lowest BCUT2D eigenvalue weighted by molar-refractivity contribution is -0.304. The fourth-order valence-corrected chi connectivity index (χ4v) is 2.00. The molecule has 0 amide bonds. The van der Waals surface area contributed by atoms with Crippen LogP contribution in [-0.4, -0.2) is 72.7 Å². The first-order valence-corrected chi connectivity index (χ1v) is 6.77. The molecule has 0 saturated carbocycles. The number of aliphatic hydroxyl groups excluding tert-OH is 4. The Bertz CT molecular complexity index is 452. The summed E-state index contributed by atoms with van der Waals surface area (Å²) in [6.45, 7) is 3.44. The summed E-state index contributed by atoms with van der Waals surface area (Å²) in [4.78, 5) is 0. The molecule has 120 valence electrons. The molecule has 2 heterocycles. The molecule has 0 bridgehead atoms. The maximum absolute atomic E-state index is 9.81. The Morgan fingerprint density at radius 2 is 2.00 bits per heavy atom. The van der Waals surface area contributed by atoms with E-state index in [9.17, 15) is 15.3 Å². The molecule has 2 rings (SSSR count). The van der Waals surface area contributed by atoms with E-state index < -0.39 is 37.3 Å². The predicted octanol–water partition coefficient (Wildman–Crippen LogP) is -1.82. The Hall–Kier alpha value is -1.10. The zero-order valence-electron chi connectivity index (χ0n) is 11.9. The fourth-order valence-electron chi connectivity index (χ4n) is 2.00. The van der Waals surface area contributed by atoms with Crippen LogP contribution < -0.4 is 0 Å². The third-order valence-corrected chi connectivity index (χ3v) is 3.33. The van der Waals surface area contributed by atoms with Crippen LogP contribution in [0.5, 0.6) is 0 Å². The molecule has 0 radical (unpaired) electrons. The number of rotatable bonds is 5. The van der Waals surface area contributed by atoms with Gasteiger partial charge in [0.2, 0.25) is 0 Å². The summed E-state index contributed by atoms with van der Waals surface area (Å²) in [6, 6.07) is 0.165. The van der Waals surface area contributed by atoms with E-state index >= 15 is 0 Å². The van der Waals surface area contributed by atoms with Crippen molar-refractivity contribution in [3.8, 4) is 0 Å². The molecule has 9 nitrogen and oxygen atoms in total. The highest BCUT2D eigenvalue weighted by Crippen LogP contribution is 2.22. The summed E-state index contributed by atoms with van der Waals surface area (Å²) in [5, 5.41) is 46.0. The van der Waals surface area contributed by atoms with Crippen molar-refractivity contribution in [3.63, 3.8) is 0 Å². The normalized spacial score (nSPS) is 33.6. The van der Waals surface area contributed by atoms with Crippen molar-refractivity contribution in [3.05, 3.63) is 11.9 Å². The molecule has 1 aliphatic heterocycles. The minimum atomic E-state index is -1.45. The van der Waals surface area contributed by atoms with Gasteiger partial charge in [-0.25, -0.2) is 4.68 Å². The van der Waals surface area contributed by atoms with Crippen LogP contribution in [0.2, 0.25) is 0 Å². The minimum absolute atomic E-state index is 0.0232. The van der Waals surface area contributed by atoms with Crippen molar-refractivity contribution in [2.24, 2.45) is 0 Å². The summed E-state index contributed by atoms with van der Waals surface area (Å²) < 4.78 is 12.2. The van der Waals surface area contributed by atoms with Gasteiger partial charge in [0.05, 0.1) is 19.4 Å². The standard InChI is InChI=1S/C12H21N3O6/c1-6(2)15-3-7(13-14-15)5-20-12-11(19)10(18)9(17)8(4-16)21-12/h3,6,8-12,16-19H,4-5H2,1-2H3/t8?,9-,10+,11?,12-/m1/s1. The number of aromatic nitrogens is 3. The maximum atomic E-state index is 9.81. The summed E-state index contributed by atoms with van der Waals surface area (Å²) >= 11 is 0. The van der Waals surface area contributed by atoms with Gasteiger partial charge in [-0.3, -0.25) is 0 Å². The zero-order chi connectivity index (χ0) is 15.6. The SMILES string of the molecule is CC(C)n1cc(CO[C@@H]2OC(CO)[C@@H](O)[C@H](O)C2O)nn1. The van der Waals surface area contributed by atoms with Gasteiger partial charge in [-0.15, -0.1) is 5.10 Å². The Balaban J connectivity index is 1.94. The van der Waals surface area contributed by atoms with E-state index in [1.165, 1.54) is 0 Å². The van der Waals surface area contributed by atoms with E-state index in [1.54, 1.807) is 10.9 Å². The van der Waals surface area contributed by atoms with Gasteiger partial charge in [-0.1, -0.05) is 5.21 Å². The maximum Gasteiger partial charge on any atom is 0.187 e. The molecule has 0 spiro atoms. The van der Waals surface area contributed by atoms with Crippen LogP contribution in [-0.2, 0) is 16.1 Å². The van der Waals surface area contributed by atoms with E-state index in [1.807, 2.05) is 13.8 Å². The van der Waals surface area contributed by atoms with Gasteiger partial charge in [0, 0.05) is 6.04 Å². The third kappa shape index (κ3) is 3.57. The zero-order valence-corrected chi connectivity index (χ0v) is 11.9. The smallest absolute Gasteiger partial charge is 0.187 e. The average Bonchev–Trinajstić information content (AvgIpc) is 2.93. The minimum Gasteiger partial charge on any atom is -0.394 e. The number of nitrogens with zero attached hydrogens (tertiary/aromatic N) is 3. The number of aliphatic hydroxyl groups is 4. The van der Waals surface area contributed by atoms with Gasteiger partial charge in [0.1, 0.15) is 30.1 Å². The first kappa shape index (κ1) is 16.3. The van der Waals surface area contributed by atoms with Crippen molar-refractivity contribution in [2.75, 3.05) is 6.61 Å². The Morgan fingerprint density at radius 1 is 1.29 bits per heavy atom. The van der Waals surface area contributed by atoms with Crippen LogP contribution in [0.1, 0.15) is 25.6 Å². The van der Waals surface area contributed by atoms with Crippen LogP contribution in [0.15, 0.2) is 6.20 Å². The predicted molar refractivity (Wildman–Crippen MR) is 69.0 cm³/mol. The van der Waals surface area contributed by atoms with Crippen LogP contribution in [0, 0.1) is 0 Å². The fraction of sp³-hybridized carbons (Fsp3) is 0.833. The molecule has 2 unspecified atom stereocenters. The quantitative estimate of drug-likeness (QED) is 0.500. The van der Waals surface area contributed by atoms with Crippen molar-refractivity contribution in [1.29, 1.82) is 0 Å². The van der Waals surface area contributed by atoms with Crippen molar-refractivity contribution in [2.45, 2.75) is 57.2 Å². The van der Waals surface area contributed by atoms with Crippen molar-refractivity contribution < 1.29 is 29.9 Å². The largest absolute Gasteiger partial charge is 0.394 e. The van der Waals surface area contributed by atoms with E-state index in [0.29, 0.717) is 5.69 Å². The second-order valence-electron chi connectivity index (χ2n) is 5.29. The molecule has 21 heavy (non-hydrogen) atoms. The molecule has 1 aliphatic rings. The van der Waals surface area contributed by atoms with Gasteiger partial charge in [0.25, 0.3) is 0 Å². The molecule has 0 aliphatic carbocycles. The van der Waals surface area contributed by atoms with Crippen LogP contribution in [0.25, 0.3) is 0 Å². The van der Waals surface area contributed by atoms with Gasteiger partial charge >= 0.3 is 0 Å². The molecular weight excluding hydrogens is 282 g/mol. The van der Waals surface area contributed by atoms with Crippen molar-refractivity contribution >= 4 is 0 Å². The first-order chi connectivity index (χ1) is 9.93. The van der Waals surface area contributed by atoms with Gasteiger partial charge in [-0.2, -0.15) is 0 Å². The molecule has 1 saturated heterocycles. The molecule has 9 heteroatoms. The first-order valence-electron chi connectivity index (χ1n) is 6.77. The summed E-state index contributed by atoms with van der Waals surface area (Å²) in [5.74, 6) is 0. The second kappa shape index (κ2) is 6.77. The van der Waals surface area contributed by atoms with Gasteiger partial charge in [0.15, 0.2) is 6.29 Å². The third-order valence-electron chi connectivity index (χ3n) is 3.33. The lowest BCUT2D eigenvalue weighted by Crippen LogP contribution is -2.59. The molecular formula is C12H21N3O6. The van der Waals surface area contributed by atoms with Gasteiger partial charge < -0.3 is 29.9 Å². The summed E-state index contributed by atoms with van der Waals surface area (Å²) in [7, 11) is 0. The van der Waals surface area contributed by atoms with Crippen LogP contribution in [0.3, 0.4) is 0 Å². The van der Waals surface area contributed by atoms with Crippen LogP contribution in [0.4, 0.5) is 0 Å². The van der Waals surface area contributed by atoms with E-state index in [2.05, 4.69) is 10.3 Å². The molecule has 1 aromatic heterocycles. The highest BCUT2D eigenvalue weighted by molar-refractivity contribution is 4.92. The lowest BCUT2D eigenvalue weighted by atomic mass is 9.99. The number of hydrogen-bond acceptors (Lipinski definition) is 8. The number of hydrogen-bond donors (Lipinski definition) is 4. The monoisotopic (exact) mass is 303 g/mol. The number of ether oxygens (including phenoxy) is 2. The van der Waals surface area contributed by atoms with Crippen molar-refractivity contribution in [1.82, 2.24) is 15.0 Å². The van der Waals surface area contributed by atoms with E-state index in [4.69, 9.17) is 14.6 Å². The van der Waals surface area contributed by atoms with Gasteiger partial charge in [-0.05, 0) is 13.8 Å². The molecule has 0 aromatic carbocycles. The highest BCUT2D eigenvalue weighted by atomic mass is 16.7.